The van der Waals surface area contributed by atoms with Crippen LogP contribution >= 0.6 is 31.9 Å². The van der Waals surface area contributed by atoms with E-state index in [1.165, 1.54) is 0 Å². The number of carbonyl (C=O) groups is 1. The number of aryl methyl sites for hydroxylation is 1. The Kier molecular flexibility index (Phi) is 6.20. The summed E-state index contributed by atoms with van der Waals surface area (Å²) >= 11 is 6.83. The zero-order valence-electron chi connectivity index (χ0n) is 10.2. The van der Waals surface area contributed by atoms with Crippen LogP contribution in [0.3, 0.4) is 0 Å². The van der Waals surface area contributed by atoms with Gasteiger partial charge in [-0.3, -0.25) is 4.79 Å². The van der Waals surface area contributed by atoms with E-state index in [1.54, 1.807) is 0 Å². The minimum atomic E-state index is 0.101. The van der Waals surface area contributed by atoms with Crippen LogP contribution < -0.4 is 0 Å². The summed E-state index contributed by atoms with van der Waals surface area (Å²) in [6.45, 7) is 5.54. The van der Waals surface area contributed by atoms with Crippen LogP contribution in [0.15, 0.2) is 22.7 Å². The fraction of sp³-hybridized carbons (Fsp3) is 0.462. The van der Waals surface area contributed by atoms with Gasteiger partial charge in [0.05, 0.1) is 5.56 Å². The predicted molar refractivity (Wildman–Crippen MR) is 78.9 cm³/mol. The number of hydrogen-bond donors (Lipinski definition) is 0. The Labute approximate surface area is 120 Å². The second-order valence-corrected chi connectivity index (χ2v) is 5.56. The lowest BCUT2D eigenvalue weighted by molar-refractivity contribution is 0.0764. The summed E-state index contributed by atoms with van der Waals surface area (Å²) in [5.41, 5.74) is 1.86. The zero-order chi connectivity index (χ0) is 12.8. The topological polar surface area (TPSA) is 20.3 Å². The smallest absolute Gasteiger partial charge is 0.254 e. The number of benzene rings is 1. The van der Waals surface area contributed by atoms with Gasteiger partial charge in [0.25, 0.3) is 5.91 Å². The van der Waals surface area contributed by atoms with Crippen LogP contribution in [-0.4, -0.2) is 29.2 Å². The number of amides is 1. The van der Waals surface area contributed by atoms with Gasteiger partial charge in [0.15, 0.2) is 0 Å². The number of nitrogens with zero attached hydrogens (tertiary/aromatic N) is 1. The van der Waals surface area contributed by atoms with Gasteiger partial charge in [0.1, 0.15) is 0 Å². The van der Waals surface area contributed by atoms with E-state index in [0.717, 1.165) is 40.4 Å². The van der Waals surface area contributed by atoms with Crippen molar-refractivity contribution in [2.75, 3.05) is 18.4 Å². The van der Waals surface area contributed by atoms with E-state index in [2.05, 4.69) is 31.9 Å². The Morgan fingerprint density at radius 1 is 1.41 bits per heavy atom. The Bertz CT molecular complexity index is 393. The summed E-state index contributed by atoms with van der Waals surface area (Å²) < 4.78 is 0.866. The van der Waals surface area contributed by atoms with Gasteiger partial charge in [-0.25, -0.2) is 0 Å². The van der Waals surface area contributed by atoms with E-state index in [4.69, 9.17) is 0 Å². The molecule has 0 aliphatic carbocycles. The largest absolute Gasteiger partial charge is 0.339 e. The van der Waals surface area contributed by atoms with Crippen molar-refractivity contribution in [3.8, 4) is 0 Å². The number of halogens is 2. The van der Waals surface area contributed by atoms with Crippen molar-refractivity contribution >= 4 is 37.8 Å². The van der Waals surface area contributed by atoms with Crippen LogP contribution in [0.2, 0.25) is 0 Å². The zero-order valence-corrected chi connectivity index (χ0v) is 13.3. The van der Waals surface area contributed by atoms with Crippen molar-refractivity contribution < 1.29 is 4.79 Å². The first-order valence-electron chi connectivity index (χ1n) is 5.71. The molecule has 17 heavy (non-hydrogen) atoms. The number of alkyl halides is 1. The van der Waals surface area contributed by atoms with Crippen molar-refractivity contribution in [1.29, 1.82) is 0 Å². The normalized spacial score (nSPS) is 10.4. The molecule has 94 valence electrons. The quantitative estimate of drug-likeness (QED) is 0.725. The van der Waals surface area contributed by atoms with Gasteiger partial charge in [0, 0.05) is 22.9 Å². The standard InChI is InChI=1S/C13H17Br2NO/c1-3-16(8-4-7-14)13(17)11-9-10(2)5-6-12(11)15/h5-6,9H,3-4,7-8H2,1-2H3. The van der Waals surface area contributed by atoms with Crippen LogP contribution in [0.25, 0.3) is 0 Å². The summed E-state index contributed by atoms with van der Waals surface area (Å²) in [5.74, 6) is 0.101. The summed E-state index contributed by atoms with van der Waals surface area (Å²) in [6.07, 6.45) is 0.975. The molecule has 2 nitrogen and oxygen atoms in total. The third kappa shape index (κ3) is 4.11. The molecule has 1 amide bonds. The van der Waals surface area contributed by atoms with Gasteiger partial charge in [-0.15, -0.1) is 0 Å². The molecular formula is C13H17Br2NO. The van der Waals surface area contributed by atoms with E-state index in [9.17, 15) is 4.79 Å². The van der Waals surface area contributed by atoms with E-state index in [1.807, 2.05) is 36.9 Å². The van der Waals surface area contributed by atoms with Gasteiger partial charge in [-0.1, -0.05) is 27.6 Å². The first-order chi connectivity index (χ1) is 8.10. The average molecular weight is 363 g/mol. The highest BCUT2D eigenvalue weighted by Gasteiger charge is 2.16. The van der Waals surface area contributed by atoms with Crippen LogP contribution in [0.5, 0.6) is 0 Å². The molecule has 0 aliphatic heterocycles. The van der Waals surface area contributed by atoms with Gasteiger partial charge in [-0.05, 0) is 48.3 Å². The second kappa shape index (κ2) is 7.17. The molecule has 0 unspecified atom stereocenters. The Balaban J connectivity index is 2.89. The van der Waals surface area contributed by atoms with Crippen molar-refractivity contribution in [3.05, 3.63) is 33.8 Å². The molecule has 0 aromatic heterocycles. The maximum atomic E-state index is 12.3. The molecule has 0 atom stereocenters. The molecule has 0 saturated heterocycles. The Morgan fingerprint density at radius 3 is 2.71 bits per heavy atom. The molecule has 1 aromatic rings. The van der Waals surface area contributed by atoms with Crippen LogP contribution in [0.1, 0.15) is 29.3 Å². The molecule has 0 spiro atoms. The molecule has 0 saturated carbocycles. The van der Waals surface area contributed by atoms with Crippen LogP contribution in [0, 0.1) is 6.92 Å². The molecule has 1 rings (SSSR count). The molecular weight excluding hydrogens is 346 g/mol. The summed E-state index contributed by atoms with van der Waals surface area (Å²) in [6, 6.07) is 5.86. The third-order valence-electron chi connectivity index (χ3n) is 2.58. The lowest BCUT2D eigenvalue weighted by Crippen LogP contribution is -2.32. The van der Waals surface area contributed by atoms with Gasteiger partial charge in [0.2, 0.25) is 0 Å². The highest BCUT2D eigenvalue weighted by atomic mass is 79.9. The molecule has 4 heteroatoms. The minimum Gasteiger partial charge on any atom is -0.339 e. The van der Waals surface area contributed by atoms with Crippen LogP contribution in [0.4, 0.5) is 0 Å². The van der Waals surface area contributed by atoms with Crippen molar-refractivity contribution in [2.24, 2.45) is 0 Å². The maximum Gasteiger partial charge on any atom is 0.254 e. The Hall–Kier alpha value is -0.350. The SMILES string of the molecule is CCN(CCCBr)C(=O)c1cc(C)ccc1Br. The Morgan fingerprint density at radius 2 is 2.12 bits per heavy atom. The molecule has 0 heterocycles. The fourth-order valence-electron chi connectivity index (χ4n) is 1.63. The van der Waals surface area contributed by atoms with Gasteiger partial charge >= 0.3 is 0 Å². The lowest BCUT2D eigenvalue weighted by Gasteiger charge is -2.21. The van der Waals surface area contributed by atoms with E-state index < -0.39 is 0 Å². The van der Waals surface area contributed by atoms with Crippen molar-refractivity contribution in [3.63, 3.8) is 0 Å². The molecule has 0 bridgehead atoms. The molecule has 0 fully saturated rings. The minimum absolute atomic E-state index is 0.101. The average Bonchev–Trinajstić information content (AvgIpc) is 2.33. The lowest BCUT2D eigenvalue weighted by atomic mass is 10.1. The van der Waals surface area contributed by atoms with Gasteiger partial charge < -0.3 is 4.90 Å². The highest BCUT2D eigenvalue weighted by molar-refractivity contribution is 9.10. The van der Waals surface area contributed by atoms with Crippen LogP contribution in [-0.2, 0) is 0 Å². The molecule has 0 aliphatic rings. The molecule has 0 radical (unpaired) electrons. The predicted octanol–water partition coefficient (Wildman–Crippen LogP) is 4.00. The number of carbonyl (C=O) groups excluding carboxylic acids is 1. The molecule has 1 aromatic carbocycles. The third-order valence-corrected chi connectivity index (χ3v) is 3.84. The van der Waals surface area contributed by atoms with E-state index in [-0.39, 0.29) is 5.91 Å². The monoisotopic (exact) mass is 361 g/mol. The summed E-state index contributed by atoms with van der Waals surface area (Å²) in [5, 5.41) is 0.922. The second-order valence-electron chi connectivity index (χ2n) is 3.91. The summed E-state index contributed by atoms with van der Waals surface area (Å²) in [4.78, 5) is 14.2. The summed E-state index contributed by atoms with van der Waals surface area (Å²) in [7, 11) is 0. The van der Waals surface area contributed by atoms with E-state index in [0.29, 0.717) is 0 Å². The van der Waals surface area contributed by atoms with Crippen molar-refractivity contribution in [1.82, 2.24) is 4.90 Å². The first kappa shape index (κ1) is 14.7. The fourth-order valence-corrected chi connectivity index (χ4v) is 2.29. The highest BCUT2D eigenvalue weighted by Crippen LogP contribution is 2.20. The maximum absolute atomic E-state index is 12.3. The number of rotatable bonds is 5. The van der Waals surface area contributed by atoms with Gasteiger partial charge in [-0.2, -0.15) is 0 Å². The molecule has 0 N–H and O–H groups in total. The first-order valence-corrected chi connectivity index (χ1v) is 7.63. The van der Waals surface area contributed by atoms with Crippen molar-refractivity contribution in [2.45, 2.75) is 20.3 Å². The number of hydrogen-bond acceptors (Lipinski definition) is 1. The van der Waals surface area contributed by atoms with E-state index >= 15 is 0 Å².